The Labute approximate surface area is 194 Å². The molecule has 0 saturated heterocycles. The lowest BCUT2D eigenvalue weighted by Crippen LogP contribution is -2.23. The van der Waals surface area contributed by atoms with Gasteiger partial charge in [-0.25, -0.2) is 4.98 Å². The number of benzene rings is 3. The Morgan fingerprint density at radius 2 is 1.88 bits per heavy atom. The molecule has 0 spiro atoms. The zero-order valence-electron chi connectivity index (χ0n) is 17.2. The van der Waals surface area contributed by atoms with E-state index in [1.54, 1.807) is 66.7 Å². The number of hydrogen-bond donors (Lipinski definition) is 1. The van der Waals surface area contributed by atoms with Crippen molar-refractivity contribution in [1.29, 1.82) is 0 Å². The van der Waals surface area contributed by atoms with Crippen LogP contribution in [0.1, 0.15) is 6.92 Å². The fourth-order valence-electron chi connectivity index (χ4n) is 3.18. The van der Waals surface area contributed by atoms with Gasteiger partial charge in [0.15, 0.2) is 5.16 Å². The Morgan fingerprint density at radius 3 is 2.62 bits per heavy atom. The van der Waals surface area contributed by atoms with E-state index in [2.05, 4.69) is 10.3 Å². The molecular formula is C24H20ClN3O3S. The molecule has 32 heavy (non-hydrogen) atoms. The SMILES string of the molecule is CCOc1ccc(NC(=O)CSc2nc3ccccc3c(=O)n2-c2cccc(Cl)c2)cc1. The third-order valence-electron chi connectivity index (χ3n) is 4.59. The zero-order chi connectivity index (χ0) is 22.5. The molecule has 0 radical (unpaired) electrons. The van der Waals surface area contributed by atoms with Crippen molar-refractivity contribution in [3.8, 4) is 11.4 Å². The number of nitrogens with zero attached hydrogens (tertiary/aromatic N) is 2. The van der Waals surface area contributed by atoms with E-state index in [1.807, 2.05) is 13.0 Å². The van der Waals surface area contributed by atoms with E-state index in [-0.39, 0.29) is 17.2 Å². The quantitative estimate of drug-likeness (QED) is 0.301. The molecule has 0 saturated carbocycles. The molecule has 1 N–H and O–H groups in total. The fraction of sp³-hybridized carbons (Fsp3) is 0.125. The van der Waals surface area contributed by atoms with Crippen LogP contribution in [0.25, 0.3) is 16.6 Å². The van der Waals surface area contributed by atoms with Crippen molar-refractivity contribution >= 4 is 45.9 Å². The Kier molecular flexibility index (Phi) is 6.78. The molecule has 8 heteroatoms. The fourth-order valence-corrected chi connectivity index (χ4v) is 4.18. The van der Waals surface area contributed by atoms with Gasteiger partial charge in [-0.15, -0.1) is 0 Å². The van der Waals surface area contributed by atoms with Crippen molar-refractivity contribution in [2.75, 3.05) is 17.7 Å². The van der Waals surface area contributed by atoms with Crippen molar-refractivity contribution in [3.05, 3.63) is 88.2 Å². The summed E-state index contributed by atoms with van der Waals surface area (Å²) in [7, 11) is 0. The Hall–Kier alpha value is -3.29. The van der Waals surface area contributed by atoms with E-state index in [0.29, 0.717) is 39.1 Å². The molecule has 4 aromatic rings. The van der Waals surface area contributed by atoms with E-state index in [1.165, 1.54) is 16.3 Å². The maximum absolute atomic E-state index is 13.2. The Balaban J connectivity index is 1.60. The number of nitrogens with one attached hydrogen (secondary N) is 1. The summed E-state index contributed by atoms with van der Waals surface area (Å²) in [6, 6.07) is 21.3. The van der Waals surface area contributed by atoms with Crippen LogP contribution in [0.3, 0.4) is 0 Å². The third-order valence-corrected chi connectivity index (χ3v) is 5.77. The van der Waals surface area contributed by atoms with Gasteiger partial charge in [-0.1, -0.05) is 41.6 Å². The topological polar surface area (TPSA) is 73.2 Å². The molecule has 0 atom stereocenters. The average molecular weight is 466 g/mol. The molecule has 1 amide bonds. The summed E-state index contributed by atoms with van der Waals surface area (Å²) in [6.07, 6.45) is 0. The van der Waals surface area contributed by atoms with Crippen molar-refractivity contribution in [3.63, 3.8) is 0 Å². The molecule has 0 aliphatic rings. The van der Waals surface area contributed by atoms with Gasteiger partial charge < -0.3 is 10.1 Å². The molecule has 1 heterocycles. The summed E-state index contributed by atoms with van der Waals surface area (Å²) in [6.45, 7) is 2.49. The van der Waals surface area contributed by atoms with Crippen LogP contribution < -0.4 is 15.6 Å². The highest BCUT2D eigenvalue weighted by Crippen LogP contribution is 2.23. The number of aromatic nitrogens is 2. The summed E-state index contributed by atoms with van der Waals surface area (Å²) >= 11 is 7.34. The standard InChI is InChI=1S/C24H20ClN3O3S/c1-2-31-19-12-10-17(11-13-19)26-22(29)15-32-24-27-21-9-4-3-8-20(21)23(30)28(24)18-7-5-6-16(25)14-18/h3-14H,2,15H2,1H3,(H,26,29). The van der Waals surface area contributed by atoms with Gasteiger partial charge in [-0.05, 0) is 61.5 Å². The maximum atomic E-state index is 13.2. The first-order valence-electron chi connectivity index (χ1n) is 9.98. The van der Waals surface area contributed by atoms with Gasteiger partial charge in [0.2, 0.25) is 5.91 Å². The predicted molar refractivity (Wildman–Crippen MR) is 129 cm³/mol. The number of anilines is 1. The number of para-hydroxylation sites is 1. The number of amides is 1. The Morgan fingerprint density at radius 1 is 1.09 bits per heavy atom. The minimum absolute atomic E-state index is 0.0819. The smallest absolute Gasteiger partial charge is 0.266 e. The first-order chi connectivity index (χ1) is 15.5. The molecule has 162 valence electrons. The van der Waals surface area contributed by atoms with Crippen LogP contribution in [0.2, 0.25) is 5.02 Å². The highest BCUT2D eigenvalue weighted by atomic mass is 35.5. The summed E-state index contributed by atoms with van der Waals surface area (Å²) < 4.78 is 6.90. The number of ether oxygens (including phenoxy) is 1. The summed E-state index contributed by atoms with van der Waals surface area (Å²) in [5, 5.41) is 4.27. The van der Waals surface area contributed by atoms with Crippen LogP contribution in [-0.4, -0.2) is 27.8 Å². The first kappa shape index (κ1) is 21.9. The molecule has 6 nitrogen and oxygen atoms in total. The molecule has 1 aromatic heterocycles. The molecule has 0 aliphatic carbocycles. The lowest BCUT2D eigenvalue weighted by Gasteiger charge is -2.13. The normalized spacial score (nSPS) is 10.8. The number of hydrogen-bond acceptors (Lipinski definition) is 5. The molecule has 0 fully saturated rings. The van der Waals surface area contributed by atoms with E-state index in [0.717, 1.165) is 5.75 Å². The van der Waals surface area contributed by atoms with Crippen molar-refractivity contribution in [2.45, 2.75) is 12.1 Å². The minimum Gasteiger partial charge on any atom is -0.494 e. The van der Waals surface area contributed by atoms with Gasteiger partial charge in [0, 0.05) is 10.7 Å². The van der Waals surface area contributed by atoms with Crippen molar-refractivity contribution in [1.82, 2.24) is 9.55 Å². The van der Waals surface area contributed by atoms with Crippen LogP contribution in [0.5, 0.6) is 5.75 Å². The van der Waals surface area contributed by atoms with Crippen LogP contribution in [0.4, 0.5) is 5.69 Å². The lowest BCUT2D eigenvalue weighted by molar-refractivity contribution is -0.113. The van der Waals surface area contributed by atoms with Crippen LogP contribution in [-0.2, 0) is 4.79 Å². The zero-order valence-corrected chi connectivity index (χ0v) is 18.8. The molecule has 3 aromatic carbocycles. The summed E-state index contributed by atoms with van der Waals surface area (Å²) in [5.74, 6) is 0.614. The van der Waals surface area contributed by atoms with E-state index in [4.69, 9.17) is 16.3 Å². The first-order valence-corrected chi connectivity index (χ1v) is 11.3. The van der Waals surface area contributed by atoms with E-state index >= 15 is 0 Å². The predicted octanol–water partition coefficient (Wildman–Crippen LogP) is 5.17. The van der Waals surface area contributed by atoms with Crippen LogP contribution >= 0.6 is 23.4 Å². The monoisotopic (exact) mass is 465 g/mol. The Bertz CT molecular complexity index is 1320. The van der Waals surface area contributed by atoms with Gasteiger partial charge >= 0.3 is 0 Å². The van der Waals surface area contributed by atoms with Crippen molar-refractivity contribution < 1.29 is 9.53 Å². The highest BCUT2D eigenvalue weighted by molar-refractivity contribution is 7.99. The number of thioether (sulfide) groups is 1. The van der Waals surface area contributed by atoms with Gasteiger partial charge in [-0.2, -0.15) is 0 Å². The van der Waals surface area contributed by atoms with Gasteiger partial charge in [0.1, 0.15) is 5.75 Å². The van der Waals surface area contributed by atoms with Gasteiger partial charge in [0.05, 0.1) is 29.0 Å². The number of rotatable bonds is 7. The maximum Gasteiger partial charge on any atom is 0.266 e. The second-order valence-electron chi connectivity index (χ2n) is 6.83. The number of fused-ring (bicyclic) bond motifs is 1. The number of carbonyl (C=O) groups is 1. The lowest BCUT2D eigenvalue weighted by atomic mass is 10.2. The summed E-state index contributed by atoms with van der Waals surface area (Å²) in [4.78, 5) is 30.4. The third kappa shape index (κ3) is 4.95. The second-order valence-corrected chi connectivity index (χ2v) is 8.21. The van der Waals surface area contributed by atoms with Crippen molar-refractivity contribution in [2.24, 2.45) is 0 Å². The van der Waals surface area contributed by atoms with Gasteiger partial charge in [-0.3, -0.25) is 14.2 Å². The minimum atomic E-state index is -0.215. The van der Waals surface area contributed by atoms with E-state index in [9.17, 15) is 9.59 Å². The molecule has 0 bridgehead atoms. The second kappa shape index (κ2) is 9.89. The van der Waals surface area contributed by atoms with Crippen LogP contribution in [0, 0.1) is 0 Å². The largest absolute Gasteiger partial charge is 0.494 e. The van der Waals surface area contributed by atoms with Gasteiger partial charge in [0.25, 0.3) is 5.56 Å². The average Bonchev–Trinajstić information content (AvgIpc) is 2.79. The molecular weight excluding hydrogens is 446 g/mol. The summed E-state index contributed by atoms with van der Waals surface area (Å²) in [5.41, 5.74) is 1.62. The molecule has 0 unspecified atom stereocenters. The van der Waals surface area contributed by atoms with Crippen LogP contribution in [0.15, 0.2) is 82.7 Å². The number of carbonyl (C=O) groups excluding carboxylic acids is 1. The van der Waals surface area contributed by atoms with E-state index < -0.39 is 0 Å². The molecule has 0 aliphatic heterocycles. The number of halogens is 1. The molecule has 4 rings (SSSR count). The highest BCUT2D eigenvalue weighted by Gasteiger charge is 2.15.